The van der Waals surface area contributed by atoms with Gasteiger partial charge in [-0.1, -0.05) is 17.7 Å². The number of nitrogens with zero attached hydrogens (tertiary/aromatic N) is 2. The molecule has 0 aliphatic carbocycles. The van der Waals surface area contributed by atoms with E-state index in [0.29, 0.717) is 29.3 Å². The predicted molar refractivity (Wildman–Crippen MR) is 82.3 cm³/mol. The first-order chi connectivity index (χ1) is 10.6. The second-order valence-corrected chi connectivity index (χ2v) is 5.10. The first-order valence-electron chi connectivity index (χ1n) is 6.74. The van der Waals surface area contributed by atoms with Crippen LogP contribution in [0.5, 0.6) is 0 Å². The molecule has 1 aromatic carbocycles. The van der Waals surface area contributed by atoms with Crippen molar-refractivity contribution >= 4 is 17.5 Å². The lowest BCUT2D eigenvalue weighted by molar-refractivity contribution is 0.0680. The number of hydrogen-bond acceptors (Lipinski definition) is 3. The molecule has 6 heteroatoms. The van der Waals surface area contributed by atoms with E-state index in [1.165, 1.54) is 18.3 Å². The van der Waals surface area contributed by atoms with Crippen LogP contribution in [-0.4, -0.2) is 36.1 Å². The second kappa shape index (κ2) is 7.87. The Kier molecular flexibility index (Phi) is 5.86. The van der Waals surface area contributed by atoms with Crippen LogP contribution in [0.2, 0.25) is 5.02 Å². The number of methoxy groups -OCH3 is 1. The topological polar surface area (TPSA) is 42.4 Å². The number of amides is 1. The van der Waals surface area contributed by atoms with Gasteiger partial charge in [0.25, 0.3) is 5.91 Å². The molecule has 0 radical (unpaired) electrons. The van der Waals surface area contributed by atoms with Gasteiger partial charge in [0.1, 0.15) is 5.82 Å². The number of pyridine rings is 1. The van der Waals surface area contributed by atoms with Crippen LogP contribution in [0.15, 0.2) is 42.7 Å². The molecule has 22 heavy (non-hydrogen) atoms. The summed E-state index contributed by atoms with van der Waals surface area (Å²) in [6.45, 7) is 1.07. The van der Waals surface area contributed by atoms with Gasteiger partial charge in [0, 0.05) is 37.6 Å². The predicted octanol–water partition coefficient (Wildman–Crippen LogP) is 3.16. The van der Waals surface area contributed by atoms with Crippen molar-refractivity contribution < 1.29 is 13.9 Å². The van der Waals surface area contributed by atoms with Crippen molar-refractivity contribution in [1.29, 1.82) is 0 Å². The van der Waals surface area contributed by atoms with Gasteiger partial charge in [0.2, 0.25) is 0 Å². The summed E-state index contributed by atoms with van der Waals surface area (Å²) < 4.78 is 18.2. The van der Waals surface area contributed by atoms with Crippen LogP contribution in [-0.2, 0) is 11.3 Å². The van der Waals surface area contributed by atoms with Gasteiger partial charge in [0.05, 0.1) is 12.2 Å². The Morgan fingerprint density at radius 3 is 2.86 bits per heavy atom. The molecule has 0 N–H and O–H groups in total. The van der Waals surface area contributed by atoms with Crippen molar-refractivity contribution in [1.82, 2.24) is 9.88 Å². The Balaban J connectivity index is 2.20. The van der Waals surface area contributed by atoms with Crippen LogP contribution >= 0.6 is 11.6 Å². The van der Waals surface area contributed by atoms with Crippen LogP contribution in [0.1, 0.15) is 15.9 Å². The van der Waals surface area contributed by atoms with Gasteiger partial charge < -0.3 is 9.64 Å². The lowest BCUT2D eigenvalue weighted by atomic mass is 10.2. The van der Waals surface area contributed by atoms with E-state index in [1.54, 1.807) is 36.4 Å². The Hall–Kier alpha value is -1.98. The third-order valence-corrected chi connectivity index (χ3v) is 3.49. The molecule has 1 heterocycles. The first kappa shape index (κ1) is 16.4. The fraction of sp³-hybridized carbons (Fsp3) is 0.250. The molecule has 0 spiro atoms. The van der Waals surface area contributed by atoms with Crippen LogP contribution in [0.25, 0.3) is 0 Å². The van der Waals surface area contributed by atoms with E-state index in [1.807, 2.05) is 0 Å². The number of ether oxygens (including phenoxy) is 1. The fourth-order valence-electron chi connectivity index (χ4n) is 1.98. The van der Waals surface area contributed by atoms with Crippen LogP contribution in [0, 0.1) is 5.82 Å². The summed E-state index contributed by atoms with van der Waals surface area (Å²) in [5.74, 6) is -0.582. The van der Waals surface area contributed by atoms with E-state index in [9.17, 15) is 9.18 Å². The van der Waals surface area contributed by atoms with Crippen molar-refractivity contribution in [2.45, 2.75) is 6.54 Å². The lowest BCUT2D eigenvalue weighted by Gasteiger charge is -2.23. The van der Waals surface area contributed by atoms with Crippen molar-refractivity contribution in [2.75, 3.05) is 20.3 Å². The molecule has 0 fully saturated rings. The van der Waals surface area contributed by atoms with Gasteiger partial charge in [-0.3, -0.25) is 9.78 Å². The van der Waals surface area contributed by atoms with Crippen molar-refractivity contribution in [3.05, 3.63) is 64.7 Å². The molecule has 0 saturated carbocycles. The molecule has 0 atom stereocenters. The molecule has 1 aromatic heterocycles. The summed E-state index contributed by atoms with van der Waals surface area (Å²) in [7, 11) is 1.57. The lowest BCUT2D eigenvalue weighted by Crippen LogP contribution is -2.33. The third-order valence-electron chi connectivity index (χ3n) is 3.14. The normalized spacial score (nSPS) is 10.5. The van der Waals surface area contributed by atoms with Crippen LogP contribution in [0.3, 0.4) is 0 Å². The fourth-order valence-corrected chi connectivity index (χ4v) is 2.21. The maximum absolute atomic E-state index is 13.1. The zero-order valence-corrected chi connectivity index (χ0v) is 12.9. The quantitative estimate of drug-likeness (QED) is 0.820. The highest BCUT2D eigenvalue weighted by atomic mass is 35.5. The smallest absolute Gasteiger partial charge is 0.255 e. The molecule has 0 saturated heterocycles. The Morgan fingerprint density at radius 1 is 1.41 bits per heavy atom. The summed E-state index contributed by atoms with van der Waals surface area (Å²) >= 11 is 6.04. The maximum atomic E-state index is 13.1. The molecule has 0 bridgehead atoms. The highest BCUT2D eigenvalue weighted by molar-refractivity contribution is 6.31. The third kappa shape index (κ3) is 4.26. The number of carbonyl (C=O) groups is 1. The Bertz CT molecular complexity index is 637. The summed E-state index contributed by atoms with van der Waals surface area (Å²) in [6.07, 6.45) is 3.11. The van der Waals surface area contributed by atoms with Gasteiger partial charge >= 0.3 is 0 Å². The summed E-state index contributed by atoms with van der Waals surface area (Å²) in [5, 5.41) is 0.293. The van der Waals surface area contributed by atoms with Gasteiger partial charge in [-0.2, -0.15) is 0 Å². The zero-order valence-electron chi connectivity index (χ0n) is 12.1. The molecular formula is C16H16ClFN2O2. The van der Waals surface area contributed by atoms with E-state index in [0.717, 1.165) is 0 Å². The van der Waals surface area contributed by atoms with Gasteiger partial charge in [0.15, 0.2) is 0 Å². The van der Waals surface area contributed by atoms with Gasteiger partial charge in [-0.05, 0) is 29.8 Å². The van der Waals surface area contributed by atoms with Gasteiger partial charge in [-0.25, -0.2) is 4.39 Å². The van der Waals surface area contributed by atoms with Crippen LogP contribution in [0.4, 0.5) is 4.39 Å². The Labute approximate surface area is 133 Å². The average molecular weight is 323 g/mol. The zero-order chi connectivity index (χ0) is 15.9. The van der Waals surface area contributed by atoms with Crippen LogP contribution < -0.4 is 0 Å². The van der Waals surface area contributed by atoms with Gasteiger partial charge in [-0.15, -0.1) is 0 Å². The van der Waals surface area contributed by atoms with E-state index in [2.05, 4.69) is 4.98 Å². The highest BCUT2D eigenvalue weighted by Gasteiger charge is 2.17. The van der Waals surface area contributed by atoms with E-state index in [4.69, 9.17) is 16.3 Å². The first-order valence-corrected chi connectivity index (χ1v) is 7.12. The van der Waals surface area contributed by atoms with E-state index in [-0.39, 0.29) is 12.5 Å². The number of hydrogen-bond donors (Lipinski definition) is 0. The monoisotopic (exact) mass is 322 g/mol. The largest absolute Gasteiger partial charge is 0.383 e. The maximum Gasteiger partial charge on any atom is 0.255 e. The van der Waals surface area contributed by atoms with E-state index >= 15 is 0 Å². The average Bonchev–Trinajstić information content (AvgIpc) is 2.53. The number of benzene rings is 1. The molecule has 116 valence electrons. The minimum Gasteiger partial charge on any atom is -0.383 e. The van der Waals surface area contributed by atoms with Crippen molar-refractivity contribution in [3.63, 3.8) is 0 Å². The number of rotatable bonds is 6. The van der Waals surface area contributed by atoms with Crippen molar-refractivity contribution in [2.24, 2.45) is 0 Å². The van der Waals surface area contributed by atoms with E-state index < -0.39 is 5.82 Å². The standard InChI is InChI=1S/C16H16ClFN2O2/c1-22-8-7-20(16(21)12-3-2-6-19-10-12)11-13-4-5-14(18)9-15(13)17/h2-6,9-10H,7-8,11H2,1H3. The molecular weight excluding hydrogens is 307 g/mol. The second-order valence-electron chi connectivity index (χ2n) is 4.70. The summed E-state index contributed by atoms with van der Waals surface area (Å²) in [4.78, 5) is 18.1. The van der Waals surface area contributed by atoms with Crippen molar-refractivity contribution in [3.8, 4) is 0 Å². The molecule has 1 amide bonds. The number of aromatic nitrogens is 1. The summed E-state index contributed by atoms with van der Waals surface area (Å²) in [6, 6.07) is 7.53. The number of carbonyl (C=O) groups excluding carboxylic acids is 1. The Morgan fingerprint density at radius 2 is 2.23 bits per heavy atom. The summed E-state index contributed by atoms with van der Waals surface area (Å²) in [5.41, 5.74) is 1.16. The molecule has 4 nitrogen and oxygen atoms in total. The molecule has 2 aromatic rings. The SMILES string of the molecule is COCCN(Cc1ccc(F)cc1Cl)C(=O)c1cccnc1. The number of halogens is 2. The molecule has 0 unspecified atom stereocenters. The molecule has 0 aliphatic heterocycles. The minimum atomic E-state index is -0.407. The highest BCUT2D eigenvalue weighted by Crippen LogP contribution is 2.20. The molecule has 2 rings (SSSR count). The minimum absolute atomic E-state index is 0.175. The molecule has 0 aliphatic rings.